The highest BCUT2D eigenvalue weighted by Gasteiger charge is 2.18. The molecule has 1 atom stereocenters. The number of fused-ring (bicyclic) bond motifs is 1. The molecule has 2 heterocycles. The fraction of sp³-hybridized carbons (Fsp3) is 0.700. The number of aryl methyl sites for hydroxylation is 2. The molecule has 3 nitrogen and oxygen atoms in total. The van der Waals surface area contributed by atoms with Crippen LogP contribution in [0.1, 0.15) is 24.9 Å². The smallest absolute Gasteiger partial charge is 0.109 e. The molecule has 3 heteroatoms. The molecule has 0 saturated heterocycles. The van der Waals surface area contributed by atoms with Gasteiger partial charge in [0.2, 0.25) is 0 Å². The largest absolute Gasteiger partial charge is 0.335 e. The Hall–Kier alpha value is -0.830. The van der Waals surface area contributed by atoms with Crippen LogP contribution in [0, 0.1) is 5.92 Å². The molecule has 0 bridgehead atoms. The van der Waals surface area contributed by atoms with E-state index >= 15 is 0 Å². The van der Waals surface area contributed by atoms with Gasteiger partial charge < -0.3 is 10.3 Å². The summed E-state index contributed by atoms with van der Waals surface area (Å²) in [6.07, 6.45) is 5.49. The Morgan fingerprint density at radius 3 is 3.23 bits per heavy atom. The lowest BCUT2D eigenvalue weighted by Crippen LogP contribution is -2.25. The standard InChI is InChI=1S/C10H17N3/c1-2-9-7-13-4-3-8(6-11)5-10(13)12-9/h7-8H,2-6,11H2,1H3. The van der Waals surface area contributed by atoms with Gasteiger partial charge in [-0.15, -0.1) is 0 Å². The molecule has 0 spiro atoms. The molecule has 1 aromatic heterocycles. The average Bonchev–Trinajstić information content (AvgIpc) is 2.58. The lowest BCUT2D eigenvalue weighted by Gasteiger charge is -2.21. The second-order valence-corrected chi connectivity index (χ2v) is 3.79. The molecule has 0 aromatic carbocycles. The van der Waals surface area contributed by atoms with Gasteiger partial charge in [0.15, 0.2) is 0 Å². The van der Waals surface area contributed by atoms with Crippen molar-refractivity contribution in [3.05, 3.63) is 17.7 Å². The molecule has 0 aliphatic carbocycles. The minimum absolute atomic E-state index is 0.652. The zero-order valence-corrected chi connectivity index (χ0v) is 8.16. The maximum atomic E-state index is 5.66. The first-order valence-electron chi connectivity index (χ1n) is 5.08. The molecule has 1 aliphatic heterocycles. The predicted octanol–water partition coefficient (Wildman–Crippen LogP) is 0.967. The third-order valence-corrected chi connectivity index (χ3v) is 2.85. The molecule has 0 saturated carbocycles. The van der Waals surface area contributed by atoms with Crippen molar-refractivity contribution in [2.24, 2.45) is 11.7 Å². The van der Waals surface area contributed by atoms with Crippen LogP contribution in [-0.4, -0.2) is 16.1 Å². The monoisotopic (exact) mass is 179 g/mol. The van der Waals surface area contributed by atoms with Crippen molar-refractivity contribution < 1.29 is 0 Å². The summed E-state index contributed by atoms with van der Waals surface area (Å²) in [5.74, 6) is 1.89. The van der Waals surface area contributed by atoms with E-state index in [9.17, 15) is 0 Å². The Morgan fingerprint density at radius 2 is 2.54 bits per heavy atom. The molecule has 2 rings (SSSR count). The summed E-state index contributed by atoms with van der Waals surface area (Å²) in [5.41, 5.74) is 6.88. The minimum atomic E-state index is 0.652. The lowest BCUT2D eigenvalue weighted by molar-refractivity contribution is 0.389. The zero-order chi connectivity index (χ0) is 9.26. The highest BCUT2D eigenvalue weighted by atomic mass is 15.1. The van der Waals surface area contributed by atoms with Gasteiger partial charge in [-0.25, -0.2) is 4.98 Å². The Balaban J connectivity index is 2.19. The second-order valence-electron chi connectivity index (χ2n) is 3.79. The van der Waals surface area contributed by atoms with E-state index in [1.54, 1.807) is 0 Å². The average molecular weight is 179 g/mol. The van der Waals surface area contributed by atoms with Crippen LogP contribution in [0.15, 0.2) is 6.20 Å². The first-order chi connectivity index (χ1) is 6.33. The third kappa shape index (κ3) is 1.61. The Bertz CT molecular complexity index is 290. The molecular weight excluding hydrogens is 162 g/mol. The van der Waals surface area contributed by atoms with Gasteiger partial charge in [0, 0.05) is 19.2 Å². The van der Waals surface area contributed by atoms with Gasteiger partial charge in [-0.1, -0.05) is 6.92 Å². The maximum absolute atomic E-state index is 5.66. The van der Waals surface area contributed by atoms with Crippen LogP contribution in [0.2, 0.25) is 0 Å². The number of imidazole rings is 1. The van der Waals surface area contributed by atoms with E-state index < -0.39 is 0 Å². The summed E-state index contributed by atoms with van der Waals surface area (Å²) in [6.45, 7) is 4.05. The first-order valence-corrected chi connectivity index (χ1v) is 5.08. The van der Waals surface area contributed by atoms with Gasteiger partial charge in [0.05, 0.1) is 5.69 Å². The molecule has 13 heavy (non-hydrogen) atoms. The number of nitrogens with two attached hydrogens (primary N) is 1. The fourth-order valence-electron chi connectivity index (χ4n) is 1.92. The van der Waals surface area contributed by atoms with E-state index in [0.29, 0.717) is 5.92 Å². The Kier molecular flexibility index (Phi) is 2.36. The predicted molar refractivity (Wildman–Crippen MR) is 52.5 cm³/mol. The topological polar surface area (TPSA) is 43.8 Å². The van der Waals surface area contributed by atoms with Crippen LogP contribution in [0.4, 0.5) is 0 Å². The van der Waals surface area contributed by atoms with E-state index in [4.69, 9.17) is 5.73 Å². The van der Waals surface area contributed by atoms with Gasteiger partial charge in [-0.3, -0.25) is 0 Å². The van der Waals surface area contributed by atoms with Crippen LogP contribution in [-0.2, 0) is 19.4 Å². The van der Waals surface area contributed by atoms with E-state index in [0.717, 1.165) is 25.9 Å². The number of hydrogen-bond donors (Lipinski definition) is 1. The Morgan fingerprint density at radius 1 is 1.69 bits per heavy atom. The summed E-state index contributed by atoms with van der Waals surface area (Å²) in [7, 11) is 0. The number of rotatable bonds is 2. The van der Waals surface area contributed by atoms with E-state index in [1.807, 2.05) is 0 Å². The SMILES string of the molecule is CCc1cn2c(n1)CC(CN)CC2. The van der Waals surface area contributed by atoms with Crippen molar-refractivity contribution in [1.82, 2.24) is 9.55 Å². The zero-order valence-electron chi connectivity index (χ0n) is 8.16. The number of hydrogen-bond acceptors (Lipinski definition) is 2. The highest BCUT2D eigenvalue weighted by Crippen LogP contribution is 2.19. The van der Waals surface area contributed by atoms with Crippen molar-refractivity contribution in [2.75, 3.05) is 6.54 Å². The highest BCUT2D eigenvalue weighted by molar-refractivity contribution is 5.06. The summed E-state index contributed by atoms with van der Waals surface area (Å²) < 4.78 is 2.28. The number of nitrogens with zero attached hydrogens (tertiary/aromatic N) is 2. The van der Waals surface area contributed by atoms with Crippen LogP contribution >= 0.6 is 0 Å². The van der Waals surface area contributed by atoms with Crippen molar-refractivity contribution in [3.8, 4) is 0 Å². The quantitative estimate of drug-likeness (QED) is 0.735. The van der Waals surface area contributed by atoms with E-state index in [2.05, 4.69) is 22.7 Å². The van der Waals surface area contributed by atoms with Crippen LogP contribution in [0.25, 0.3) is 0 Å². The van der Waals surface area contributed by atoms with Crippen LogP contribution in [0.3, 0.4) is 0 Å². The molecule has 72 valence electrons. The van der Waals surface area contributed by atoms with E-state index in [1.165, 1.54) is 17.9 Å². The molecule has 1 aromatic rings. The van der Waals surface area contributed by atoms with Gasteiger partial charge in [-0.05, 0) is 25.3 Å². The molecule has 0 fully saturated rings. The van der Waals surface area contributed by atoms with Crippen molar-refractivity contribution in [3.63, 3.8) is 0 Å². The van der Waals surface area contributed by atoms with Gasteiger partial charge in [-0.2, -0.15) is 0 Å². The van der Waals surface area contributed by atoms with Crippen molar-refractivity contribution >= 4 is 0 Å². The van der Waals surface area contributed by atoms with Crippen molar-refractivity contribution in [2.45, 2.75) is 32.7 Å². The lowest BCUT2D eigenvalue weighted by atomic mass is 9.98. The van der Waals surface area contributed by atoms with Gasteiger partial charge in [0.25, 0.3) is 0 Å². The fourth-order valence-corrected chi connectivity index (χ4v) is 1.92. The molecular formula is C10H17N3. The third-order valence-electron chi connectivity index (χ3n) is 2.85. The number of aromatic nitrogens is 2. The first kappa shape index (κ1) is 8.75. The molecule has 0 radical (unpaired) electrons. The van der Waals surface area contributed by atoms with E-state index in [-0.39, 0.29) is 0 Å². The van der Waals surface area contributed by atoms with Gasteiger partial charge >= 0.3 is 0 Å². The molecule has 0 amide bonds. The summed E-state index contributed by atoms with van der Waals surface area (Å²) in [6, 6.07) is 0. The van der Waals surface area contributed by atoms with Crippen LogP contribution < -0.4 is 5.73 Å². The summed E-state index contributed by atoms with van der Waals surface area (Å²) >= 11 is 0. The summed E-state index contributed by atoms with van der Waals surface area (Å²) in [4.78, 5) is 4.57. The summed E-state index contributed by atoms with van der Waals surface area (Å²) in [5, 5.41) is 0. The normalized spacial score (nSPS) is 21.5. The second kappa shape index (κ2) is 3.50. The maximum Gasteiger partial charge on any atom is 0.109 e. The molecule has 2 N–H and O–H groups in total. The van der Waals surface area contributed by atoms with Gasteiger partial charge in [0.1, 0.15) is 5.82 Å². The molecule has 1 unspecified atom stereocenters. The Labute approximate surface area is 79.0 Å². The molecule has 1 aliphatic rings. The van der Waals surface area contributed by atoms with Crippen molar-refractivity contribution in [1.29, 1.82) is 0 Å². The van der Waals surface area contributed by atoms with Crippen LogP contribution in [0.5, 0.6) is 0 Å². The minimum Gasteiger partial charge on any atom is -0.335 e.